The van der Waals surface area contributed by atoms with Crippen molar-refractivity contribution >= 4 is 11.7 Å². The van der Waals surface area contributed by atoms with Gasteiger partial charge in [-0.25, -0.2) is 9.98 Å². The van der Waals surface area contributed by atoms with Gasteiger partial charge in [0.2, 0.25) is 0 Å². The highest BCUT2D eigenvalue weighted by Gasteiger charge is 2.17. The van der Waals surface area contributed by atoms with Gasteiger partial charge in [-0.05, 0) is 24.8 Å². The van der Waals surface area contributed by atoms with Crippen LogP contribution in [0, 0.1) is 5.92 Å². The minimum absolute atomic E-state index is 0.138. The Bertz CT molecular complexity index is 474. The van der Waals surface area contributed by atoms with Gasteiger partial charge in [0.25, 0.3) is 0 Å². The third kappa shape index (κ3) is 3.75. The number of aliphatic imine (C=N–C) groups is 1. The largest absolute Gasteiger partial charge is 0.402 e. The summed E-state index contributed by atoms with van der Waals surface area (Å²) >= 11 is 0. The molecule has 1 heterocycles. The second kappa shape index (κ2) is 6.29. The lowest BCUT2D eigenvalue weighted by Crippen LogP contribution is -2.15. The van der Waals surface area contributed by atoms with Crippen LogP contribution in [-0.2, 0) is 6.61 Å². The first-order valence-electron chi connectivity index (χ1n) is 6.42. The van der Waals surface area contributed by atoms with Crippen molar-refractivity contribution in [3.05, 3.63) is 29.9 Å². The first-order valence-corrected chi connectivity index (χ1v) is 6.42. The molecular formula is C13H19N5O. The molecule has 0 atom stereocenters. The average molecular weight is 261 g/mol. The van der Waals surface area contributed by atoms with Gasteiger partial charge in [0, 0.05) is 5.70 Å². The Morgan fingerprint density at radius 3 is 2.63 bits per heavy atom. The van der Waals surface area contributed by atoms with Gasteiger partial charge in [0.15, 0.2) is 5.82 Å². The lowest BCUT2D eigenvalue weighted by atomic mass is 10.0. The smallest absolute Gasteiger partial charge is 0.172 e. The molecule has 0 radical (unpaired) electrons. The highest BCUT2D eigenvalue weighted by atomic mass is 16.3. The maximum absolute atomic E-state index is 8.86. The fourth-order valence-electron chi connectivity index (χ4n) is 2.20. The summed E-state index contributed by atoms with van der Waals surface area (Å²) in [4.78, 5) is 12.1. The summed E-state index contributed by atoms with van der Waals surface area (Å²) < 4.78 is 0. The molecule has 0 aromatic carbocycles. The van der Waals surface area contributed by atoms with Crippen molar-refractivity contribution in [3.63, 3.8) is 0 Å². The zero-order chi connectivity index (χ0) is 13.7. The normalized spacial score (nSPS) is 17.9. The second-order valence-corrected chi connectivity index (χ2v) is 4.69. The Morgan fingerprint density at radius 2 is 2.05 bits per heavy atom. The minimum atomic E-state index is -0.138. The van der Waals surface area contributed by atoms with Crippen LogP contribution >= 0.6 is 0 Å². The molecule has 6 heteroatoms. The topological polar surface area (TPSA) is 110 Å². The molecule has 102 valence electrons. The van der Waals surface area contributed by atoms with Crippen molar-refractivity contribution in [2.75, 3.05) is 0 Å². The zero-order valence-electron chi connectivity index (χ0n) is 10.8. The van der Waals surface area contributed by atoms with Crippen molar-refractivity contribution in [2.24, 2.45) is 22.4 Å². The molecule has 1 aliphatic rings. The maximum atomic E-state index is 8.86. The number of nitrogens with zero attached hydrogens (tertiary/aromatic N) is 3. The number of allylic oxidation sites excluding steroid dienone is 1. The van der Waals surface area contributed by atoms with E-state index in [1.165, 1.54) is 25.2 Å². The number of hydrogen-bond acceptors (Lipinski definition) is 5. The fraction of sp³-hybridized carbons (Fsp3) is 0.462. The highest BCUT2D eigenvalue weighted by molar-refractivity contribution is 5.93. The van der Waals surface area contributed by atoms with Crippen molar-refractivity contribution in [3.8, 4) is 0 Å². The Hall–Kier alpha value is -1.95. The van der Waals surface area contributed by atoms with Gasteiger partial charge in [-0.3, -0.25) is 4.98 Å². The number of aliphatic hydroxyl groups excluding tert-OH is 1. The van der Waals surface area contributed by atoms with E-state index in [1.807, 2.05) is 0 Å². The first kappa shape index (κ1) is 13.5. The Labute approximate surface area is 112 Å². The first-order chi connectivity index (χ1) is 9.19. The van der Waals surface area contributed by atoms with E-state index in [1.54, 1.807) is 6.08 Å². The van der Waals surface area contributed by atoms with Crippen LogP contribution in [0.3, 0.4) is 0 Å². The molecule has 0 aliphatic heterocycles. The van der Waals surface area contributed by atoms with E-state index in [0.29, 0.717) is 23.3 Å². The van der Waals surface area contributed by atoms with Crippen molar-refractivity contribution in [1.29, 1.82) is 0 Å². The summed E-state index contributed by atoms with van der Waals surface area (Å²) in [5.41, 5.74) is 13.1. The third-order valence-electron chi connectivity index (χ3n) is 3.24. The molecule has 1 aliphatic carbocycles. The van der Waals surface area contributed by atoms with Gasteiger partial charge in [-0.15, -0.1) is 0 Å². The van der Waals surface area contributed by atoms with Gasteiger partial charge >= 0.3 is 0 Å². The summed E-state index contributed by atoms with van der Waals surface area (Å²) in [5.74, 6) is 1.16. The van der Waals surface area contributed by atoms with Crippen LogP contribution in [0.1, 0.15) is 31.4 Å². The van der Waals surface area contributed by atoms with E-state index in [9.17, 15) is 0 Å². The molecule has 1 aromatic heterocycles. The molecule has 0 bridgehead atoms. The molecular weight excluding hydrogens is 242 g/mol. The monoisotopic (exact) mass is 261 g/mol. The molecule has 0 saturated heterocycles. The molecule has 1 saturated carbocycles. The summed E-state index contributed by atoms with van der Waals surface area (Å²) in [6, 6.07) is 0. The van der Waals surface area contributed by atoms with Crippen LogP contribution < -0.4 is 11.5 Å². The van der Waals surface area contributed by atoms with Crippen LogP contribution in [0.4, 0.5) is 5.82 Å². The van der Waals surface area contributed by atoms with Crippen LogP contribution in [0.5, 0.6) is 0 Å². The molecule has 19 heavy (non-hydrogen) atoms. The molecule has 2 rings (SSSR count). The molecule has 0 amide bonds. The van der Waals surface area contributed by atoms with Gasteiger partial charge in [0.1, 0.15) is 5.84 Å². The standard InChI is InChI=1S/C13H19N5O/c14-11(9-3-1-2-4-9)5-12(15)18-13-7-16-10(8-19)6-17-13/h5-7,9,19H,1-4,8,14H2,(H2,15,17,18)/b11-5-. The molecule has 0 spiro atoms. The third-order valence-corrected chi connectivity index (χ3v) is 3.24. The van der Waals surface area contributed by atoms with E-state index in [4.69, 9.17) is 16.6 Å². The van der Waals surface area contributed by atoms with Crippen molar-refractivity contribution in [2.45, 2.75) is 32.3 Å². The molecule has 0 unspecified atom stereocenters. The number of aromatic nitrogens is 2. The summed E-state index contributed by atoms with van der Waals surface area (Å²) in [5, 5.41) is 8.86. The van der Waals surface area contributed by atoms with Crippen molar-refractivity contribution < 1.29 is 5.11 Å². The maximum Gasteiger partial charge on any atom is 0.172 e. The Balaban J connectivity index is 2.06. The highest BCUT2D eigenvalue weighted by Crippen LogP contribution is 2.28. The van der Waals surface area contributed by atoms with E-state index in [0.717, 1.165) is 18.5 Å². The van der Waals surface area contributed by atoms with Gasteiger partial charge in [0.05, 0.1) is 24.7 Å². The predicted octanol–water partition coefficient (Wildman–Crippen LogP) is 0.990. The number of amidine groups is 1. The SMILES string of the molecule is NC(/C=C(\N)C1CCCC1)=Nc1cnc(CO)cn1. The van der Waals surface area contributed by atoms with Crippen LogP contribution in [0.2, 0.25) is 0 Å². The number of aliphatic hydroxyl groups is 1. The minimum Gasteiger partial charge on any atom is -0.402 e. The predicted molar refractivity (Wildman–Crippen MR) is 73.5 cm³/mol. The van der Waals surface area contributed by atoms with Crippen LogP contribution in [0.25, 0.3) is 0 Å². The quantitative estimate of drug-likeness (QED) is 0.553. The number of rotatable bonds is 4. The molecule has 1 aromatic rings. The summed E-state index contributed by atoms with van der Waals surface area (Å²) in [7, 11) is 0. The number of hydrogen-bond donors (Lipinski definition) is 3. The van der Waals surface area contributed by atoms with Crippen LogP contribution in [-0.4, -0.2) is 20.9 Å². The lowest BCUT2D eigenvalue weighted by Gasteiger charge is -2.08. The van der Waals surface area contributed by atoms with Gasteiger partial charge < -0.3 is 16.6 Å². The van der Waals surface area contributed by atoms with Gasteiger partial charge in [-0.2, -0.15) is 0 Å². The average Bonchev–Trinajstić information content (AvgIpc) is 2.93. The lowest BCUT2D eigenvalue weighted by molar-refractivity contribution is 0.276. The summed E-state index contributed by atoms with van der Waals surface area (Å²) in [6.45, 7) is -0.138. The van der Waals surface area contributed by atoms with Gasteiger partial charge in [-0.1, -0.05) is 12.8 Å². The molecule has 1 fully saturated rings. The zero-order valence-corrected chi connectivity index (χ0v) is 10.8. The summed E-state index contributed by atoms with van der Waals surface area (Å²) in [6.07, 6.45) is 9.35. The second-order valence-electron chi connectivity index (χ2n) is 4.69. The van der Waals surface area contributed by atoms with E-state index in [-0.39, 0.29) is 6.61 Å². The van der Waals surface area contributed by atoms with E-state index in [2.05, 4.69) is 15.0 Å². The number of nitrogens with two attached hydrogens (primary N) is 2. The van der Waals surface area contributed by atoms with E-state index >= 15 is 0 Å². The fourth-order valence-corrected chi connectivity index (χ4v) is 2.20. The Morgan fingerprint density at radius 1 is 1.32 bits per heavy atom. The van der Waals surface area contributed by atoms with E-state index < -0.39 is 0 Å². The van der Waals surface area contributed by atoms with Crippen LogP contribution in [0.15, 0.2) is 29.2 Å². The molecule has 6 nitrogen and oxygen atoms in total. The molecule has 5 N–H and O–H groups in total. The van der Waals surface area contributed by atoms with Crippen molar-refractivity contribution in [1.82, 2.24) is 9.97 Å². The Kier molecular flexibility index (Phi) is 4.46.